The van der Waals surface area contributed by atoms with Crippen LogP contribution in [-0.4, -0.2) is 49.8 Å². The van der Waals surface area contributed by atoms with Crippen molar-refractivity contribution in [2.75, 3.05) is 13.2 Å². The van der Waals surface area contributed by atoms with Crippen molar-refractivity contribution < 1.29 is 23.8 Å². The fourth-order valence-electron chi connectivity index (χ4n) is 4.02. The van der Waals surface area contributed by atoms with E-state index in [0.717, 1.165) is 27.6 Å². The molecule has 1 aromatic heterocycles. The van der Waals surface area contributed by atoms with Crippen LogP contribution in [0.15, 0.2) is 34.0 Å². The number of halogens is 1. The Labute approximate surface area is 209 Å². The van der Waals surface area contributed by atoms with Crippen LogP contribution in [0.1, 0.15) is 39.9 Å². The van der Waals surface area contributed by atoms with Crippen molar-refractivity contribution in [3.63, 3.8) is 0 Å². The van der Waals surface area contributed by atoms with Crippen molar-refractivity contribution in [1.82, 2.24) is 9.47 Å². The molecule has 1 N–H and O–H groups in total. The molecule has 8 nitrogen and oxygen atoms in total. The number of amides is 1. The van der Waals surface area contributed by atoms with Gasteiger partial charge in [-0.2, -0.15) is 5.26 Å². The van der Waals surface area contributed by atoms with Crippen LogP contribution >= 0.6 is 24.0 Å². The SMILES string of the molecule is Cc1c(C(=O)CN2C(=O)/C(=C/c3ccc(F)cc3)SC2=S)c(O)n(CC2CCCO2)c(=O)c1C#N. The van der Waals surface area contributed by atoms with E-state index in [0.29, 0.717) is 18.6 Å². The zero-order valence-electron chi connectivity index (χ0n) is 18.6. The highest BCUT2D eigenvalue weighted by Gasteiger charge is 2.35. The topological polar surface area (TPSA) is 113 Å². The van der Waals surface area contributed by atoms with E-state index in [4.69, 9.17) is 17.0 Å². The number of nitriles is 1. The molecule has 0 aliphatic carbocycles. The van der Waals surface area contributed by atoms with E-state index >= 15 is 0 Å². The molecule has 35 heavy (non-hydrogen) atoms. The van der Waals surface area contributed by atoms with Gasteiger partial charge in [0.05, 0.1) is 29.7 Å². The van der Waals surface area contributed by atoms with Gasteiger partial charge in [0, 0.05) is 6.61 Å². The highest BCUT2D eigenvalue weighted by atomic mass is 32.2. The molecule has 2 aliphatic rings. The second-order valence-corrected chi connectivity index (χ2v) is 9.78. The van der Waals surface area contributed by atoms with Crippen LogP contribution in [0.3, 0.4) is 0 Å². The van der Waals surface area contributed by atoms with Crippen molar-refractivity contribution in [2.24, 2.45) is 0 Å². The number of nitrogens with zero attached hydrogens (tertiary/aromatic N) is 3. The van der Waals surface area contributed by atoms with Gasteiger partial charge in [0.2, 0.25) is 5.88 Å². The lowest BCUT2D eigenvalue weighted by molar-refractivity contribution is -0.121. The van der Waals surface area contributed by atoms with E-state index in [2.05, 4.69) is 0 Å². The third kappa shape index (κ3) is 4.91. The van der Waals surface area contributed by atoms with Gasteiger partial charge in [-0.3, -0.25) is 23.9 Å². The number of Topliss-reactive ketones (excluding diaryl/α,β-unsaturated/α-hetero) is 1. The number of hydrogen-bond donors (Lipinski definition) is 1. The molecule has 0 bridgehead atoms. The van der Waals surface area contributed by atoms with Gasteiger partial charge in [-0.15, -0.1) is 0 Å². The van der Waals surface area contributed by atoms with Gasteiger partial charge in [-0.25, -0.2) is 4.39 Å². The molecule has 4 rings (SSSR count). The summed E-state index contributed by atoms with van der Waals surface area (Å²) in [7, 11) is 0. The average molecular weight is 514 g/mol. The lowest BCUT2D eigenvalue weighted by Crippen LogP contribution is -2.35. The molecule has 2 aliphatic heterocycles. The second kappa shape index (κ2) is 10.1. The Hall–Kier alpha value is -3.33. The molecule has 2 aromatic rings. The number of ketones is 1. The van der Waals surface area contributed by atoms with Crippen molar-refractivity contribution in [1.29, 1.82) is 5.26 Å². The van der Waals surface area contributed by atoms with E-state index in [1.165, 1.54) is 31.2 Å². The first-order valence-electron chi connectivity index (χ1n) is 10.7. The Morgan fingerprint density at radius 3 is 2.71 bits per heavy atom. The van der Waals surface area contributed by atoms with E-state index in [9.17, 15) is 29.1 Å². The van der Waals surface area contributed by atoms with E-state index < -0.39 is 35.5 Å². The number of carbonyl (C=O) groups is 2. The second-order valence-electron chi connectivity index (χ2n) is 8.10. The fraction of sp³-hybridized carbons (Fsp3) is 0.292. The summed E-state index contributed by atoms with van der Waals surface area (Å²) in [5, 5.41) is 20.4. The number of benzene rings is 1. The Kier molecular flexibility index (Phi) is 7.16. The lowest BCUT2D eigenvalue weighted by atomic mass is 10.0. The molecule has 2 fully saturated rings. The van der Waals surface area contributed by atoms with Gasteiger partial charge in [-0.1, -0.05) is 36.1 Å². The summed E-state index contributed by atoms with van der Waals surface area (Å²) in [5.41, 5.74) is -0.550. The number of pyridine rings is 1. The molecule has 1 atom stereocenters. The molecule has 3 heterocycles. The van der Waals surface area contributed by atoms with Gasteiger partial charge in [-0.05, 0) is 49.1 Å². The van der Waals surface area contributed by atoms with Gasteiger partial charge in [0.25, 0.3) is 11.5 Å². The molecule has 180 valence electrons. The zero-order chi connectivity index (χ0) is 25.3. The minimum Gasteiger partial charge on any atom is -0.494 e. The number of rotatable bonds is 6. The van der Waals surface area contributed by atoms with E-state index in [-0.39, 0.29) is 38.6 Å². The highest BCUT2D eigenvalue weighted by molar-refractivity contribution is 8.26. The number of aromatic hydroxyl groups is 1. The Balaban J connectivity index is 1.63. The normalized spacial score (nSPS) is 18.9. The van der Waals surface area contributed by atoms with Crippen LogP contribution in [0.2, 0.25) is 0 Å². The Morgan fingerprint density at radius 1 is 1.37 bits per heavy atom. The molecule has 11 heteroatoms. The molecular formula is C24H20FN3O5S2. The van der Waals surface area contributed by atoms with Gasteiger partial charge < -0.3 is 9.84 Å². The summed E-state index contributed by atoms with van der Waals surface area (Å²) in [4.78, 5) is 40.3. The molecule has 0 spiro atoms. The molecule has 1 amide bonds. The van der Waals surface area contributed by atoms with Crippen LogP contribution in [0.25, 0.3) is 6.08 Å². The average Bonchev–Trinajstić information content (AvgIpc) is 3.42. The minimum atomic E-state index is -0.706. The van der Waals surface area contributed by atoms with Crippen molar-refractivity contribution in [3.05, 3.63) is 67.6 Å². The van der Waals surface area contributed by atoms with Gasteiger partial charge in [0.1, 0.15) is 21.8 Å². The van der Waals surface area contributed by atoms with E-state index in [1.54, 1.807) is 6.08 Å². The maximum atomic E-state index is 13.3. The third-order valence-corrected chi connectivity index (χ3v) is 7.21. The molecule has 0 radical (unpaired) electrons. The quantitative estimate of drug-likeness (QED) is 0.356. The smallest absolute Gasteiger partial charge is 0.271 e. The summed E-state index contributed by atoms with van der Waals surface area (Å²) in [6.45, 7) is 1.45. The summed E-state index contributed by atoms with van der Waals surface area (Å²) in [5.74, 6) is -2.16. The predicted octanol–water partition coefficient (Wildman–Crippen LogP) is 3.14. The maximum Gasteiger partial charge on any atom is 0.271 e. The number of ether oxygens (including phenoxy) is 1. The summed E-state index contributed by atoms with van der Waals surface area (Å²) in [6, 6.07) is 7.36. The largest absolute Gasteiger partial charge is 0.494 e. The molecule has 1 aromatic carbocycles. The van der Waals surface area contributed by atoms with Crippen LogP contribution < -0.4 is 5.56 Å². The van der Waals surface area contributed by atoms with Crippen LogP contribution in [0, 0.1) is 24.1 Å². The monoisotopic (exact) mass is 513 g/mol. The van der Waals surface area contributed by atoms with Crippen LogP contribution in [-0.2, 0) is 16.1 Å². The number of thiocarbonyl (C=S) groups is 1. The Morgan fingerprint density at radius 2 is 2.09 bits per heavy atom. The van der Waals surface area contributed by atoms with Crippen LogP contribution in [0.5, 0.6) is 5.88 Å². The first-order valence-corrected chi connectivity index (χ1v) is 12.0. The standard InChI is InChI=1S/C24H20FN3O5S2/c1-13-17(10-26)21(30)27(11-16-3-2-8-33-16)23(32)20(13)18(29)12-28-22(31)19(35-24(28)34)9-14-4-6-15(25)7-5-14/h4-7,9,16,32H,2-3,8,11-12H2,1H3/b19-9-. The molecule has 0 saturated carbocycles. The summed E-state index contributed by atoms with van der Waals surface area (Å²) >= 11 is 6.28. The number of aromatic nitrogens is 1. The Bertz CT molecular complexity index is 1360. The lowest BCUT2D eigenvalue weighted by Gasteiger charge is -2.19. The third-order valence-electron chi connectivity index (χ3n) is 5.83. The minimum absolute atomic E-state index is 0.00136. The maximum absolute atomic E-state index is 13.3. The van der Waals surface area contributed by atoms with Gasteiger partial charge >= 0.3 is 0 Å². The first kappa shape index (κ1) is 24.8. The number of thioether (sulfide) groups is 1. The molecule has 2 saturated heterocycles. The van der Waals surface area contributed by atoms with Crippen LogP contribution in [0.4, 0.5) is 4.39 Å². The van der Waals surface area contributed by atoms with Gasteiger partial charge in [0.15, 0.2) is 5.78 Å². The summed E-state index contributed by atoms with van der Waals surface area (Å²) in [6.07, 6.45) is 2.71. The predicted molar refractivity (Wildman–Crippen MR) is 131 cm³/mol. The van der Waals surface area contributed by atoms with Crippen molar-refractivity contribution in [3.8, 4) is 11.9 Å². The fourth-order valence-corrected chi connectivity index (χ4v) is 5.27. The van der Waals surface area contributed by atoms with E-state index in [1.807, 2.05) is 6.07 Å². The first-order chi connectivity index (χ1) is 16.7. The van der Waals surface area contributed by atoms with Crippen molar-refractivity contribution in [2.45, 2.75) is 32.4 Å². The number of carbonyl (C=O) groups excluding carboxylic acids is 2. The zero-order valence-corrected chi connectivity index (χ0v) is 20.2. The summed E-state index contributed by atoms with van der Waals surface area (Å²) < 4.78 is 19.8. The molecule has 1 unspecified atom stereocenters. The van der Waals surface area contributed by atoms with Crippen molar-refractivity contribution >= 4 is 46.1 Å². The molecular weight excluding hydrogens is 493 g/mol. The number of hydrogen-bond acceptors (Lipinski definition) is 8. The highest BCUT2D eigenvalue weighted by Crippen LogP contribution is 2.33.